The lowest BCUT2D eigenvalue weighted by Gasteiger charge is -2.13. The van der Waals surface area contributed by atoms with Crippen LogP contribution < -0.4 is 0 Å². The molecule has 80 valence electrons. The maximum atomic E-state index is 11.8. The van der Waals surface area contributed by atoms with Crippen molar-refractivity contribution in [1.82, 2.24) is 0 Å². The molecule has 0 aliphatic rings. The van der Waals surface area contributed by atoms with E-state index in [2.05, 4.69) is 4.74 Å². The zero-order chi connectivity index (χ0) is 10.7. The summed E-state index contributed by atoms with van der Waals surface area (Å²) in [5.41, 5.74) is 0. The van der Waals surface area contributed by atoms with Crippen LogP contribution in [0.15, 0.2) is 0 Å². The number of rotatable bonds is 3. The van der Waals surface area contributed by atoms with Gasteiger partial charge in [-0.1, -0.05) is 0 Å². The zero-order valence-electron chi connectivity index (χ0n) is 6.05. The number of alkyl halides is 7. The van der Waals surface area contributed by atoms with Gasteiger partial charge in [0.25, 0.3) is 6.36 Å². The molecule has 1 unspecified atom stereocenters. The smallest absolute Gasteiger partial charge is 0.341 e. The van der Waals surface area contributed by atoms with Crippen molar-refractivity contribution in [3.63, 3.8) is 0 Å². The van der Waals surface area contributed by atoms with Crippen LogP contribution >= 0.6 is 0 Å². The van der Waals surface area contributed by atoms with E-state index >= 15 is 0 Å². The molecule has 0 heterocycles. The van der Waals surface area contributed by atoms with Crippen molar-refractivity contribution in [3.8, 4) is 0 Å². The van der Waals surface area contributed by atoms with Crippen molar-refractivity contribution in [3.05, 3.63) is 0 Å². The molecule has 0 saturated carbocycles. The van der Waals surface area contributed by atoms with E-state index < -0.39 is 31.7 Å². The Morgan fingerprint density at radius 2 is 1.46 bits per heavy atom. The van der Waals surface area contributed by atoms with E-state index in [9.17, 15) is 30.7 Å². The summed E-state index contributed by atoms with van der Waals surface area (Å²) in [6.45, 7) is -1.34. The van der Waals surface area contributed by atoms with Gasteiger partial charge in [-0.3, -0.25) is 0 Å². The van der Waals surface area contributed by atoms with Gasteiger partial charge in [-0.15, -0.1) is 0 Å². The predicted molar refractivity (Wildman–Crippen MR) is 27.6 cm³/mol. The third-order valence-electron chi connectivity index (χ3n) is 0.907. The first-order valence-electron chi connectivity index (χ1n) is 3.02. The maximum Gasteiger partial charge on any atom is 0.445 e. The molecule has 0 radical (unpaired) electrons. The fraction of sp³-hybridized carbons (Fsp3) is 1.00. The Labute approximate surface area is 68.5 Å². The number of ether oxygens (including phenoxy) is 1. The Morgan fingerprint density at radius 3 is 1.77 bits per heavy atom. The van der Waals surface area contributed by atoms with Gasteiger partial charge in [0.1, 0.15) is 0 Å². The van der Waals surface area contributed by atoms with Crippen LogP contribution in [0, 0.1) is 0 Å². The molecular weight excluding hydrogens is 209 g/mol. The van der Waals surface area contributed by atoms with Crippen LogP contribution in [-0.4, -0.2) is 25.3 Å². The molecule has 0 amide bonds. The Morgan fingerprint density at radius 1 is 1.00 bits per heavy atom. The van der Waals surface area contributed by atoms with Crippen molar-refractivity contribution in [2.75, 3.05) is 6.61 Å². The van der Waals surface area contributed by atoms with Gasteiger partial charge in [0.05, 0.1) is 13.0 Å². The molecule has 0 aromatic rings. The summed E-state index contributed by atoms with van der Waals surface area (Å²) in [5.74, 6) is 0. The van der Waals surface area contributed by atoms with Gasteiger partial charge in [-0.25, -0.2) is 4.39 Å². The normalized spacial score (nSPS) is 15.9. The lowest BCUT2D eigenvalue weighted by molar-refractivity contribution is -0.270. The van der Waals surface area contributed by atoms with Gasteiger partial charge in [-0.05, 0) is 0 Å². The molecule has 1 atom stereocenters. The quantitative estimate of drug-likeness (QED) is 0.656. The van der Waals surface area contributed by atoms with Gasteiger partial charge < -0.3 is 4.74 Å². The van der Waals surface area contributed by atoms with Crippen molar-refractivity contribution in [1.29, 1.82) is 0 Å². The Kier molecular flexibility index (Phi) is 3.95. The van der Waals surface area contributed by atoms with Crippen molar-refractivity contribution in [2.45, 2.75) is 25.1 Å². The van der Waals surface area contributed by atoms with Gasteiger partial charge >= 0.3 is 12.4 Å². The minimum absolute atomic E-state index is 1.34. The zero-order valence-corrected chi connectivity index (χ0v) is 6.05. The highest BCUT2D eigenvalue weighted by atomic mass is 19.4. The lowest BCUT2D eigenvalue weighted by Crippen LogP contribution is -2.28. The summed E-state index contributed by atoms with van der Waals surface area (Å²) in [5, 5.41) is 0. The van der Waals surface area contributed by atoms with Gasteiger partial charge in [-0.2, -0.15) is 26.3 Å². The van der Waals surface area contributed by atoms with Crippen LogP contribution in [0.4, 0.5) is 30.7 Å². The second kappa shape index (κ2) is 4.12. The van der Waals surface area contributed by atoms with Gasteiger partial charge in [0, 0.05) is 0 Å². The largest absolute Gasteiger partial charge is 0.445 e. The van der Waals surface area contributed by atoms with E-state index in [-0.39, 0.29) is 0 Å². The minimum atomic E-state index is -5.27. The topological polar surface area (TPSA) is 9.23 Å². The van der Waals surface area contributed by atoms with Gasteiger partial charge in [0.2, 0.25) is 0 Å². The monoisotopic (exact) mass is 214 g/mol. The first-order valence-corrected chi connectivity index (χ1v) is 3.02. The molecule has 0 aromatic heterocycles. The van der Waals surface area contributed by atoms with E-state index in [0.29, 0.717) is 0 Å². The van der Waals surface area contributed by atoms with E-state index in [1.54, 1.807) is 0 Å². The van der Waals surface area contributed by atoms with E-state index in [0.717, 1.165) is 0 Å². The van der Waals surface area contributed by atoms with Crippen LogP contribution in [0.1, 0.15) is 6.42 Å². The molecular formula is C5H5F7O. The van der Waals surface area contributed by atoms with Crippen LogP contribution in [0.5, 0.6) is 0 Å². The molecule has 0 aromatic carbocycles. The molecule has 0 fully saturated rings. The van der Waals surface area contributed by atoms with Crippen LogP contribution in [0.2, 0.25) is 0 Å². The third-order valence-corrected chi connectivity index (χ3v) is 0.907. The van der Waals surface area contributed by atoms with E-state index in [1.807, 2.05) is 0 Å². The number of hydrogen-bond donors (Lipinski definition) is 0. The number of hydrogen-bond acceptors (Lipinski definition) is 1. The molecule has 0 saturated heterocycles. The summed E-state index contributed by atoms with van der Waals surface area (Å²) in [4.78, 5) is 0. The summed E-state index contributed by atoms with van der Waals surface area (Å²) < 4.78 is 82.9. The molecule has 0 bridgehead atoms. The average Bonchev–Trinajstić information content (AvgIpc) is 1.82. The summed E-state index contributed by atoms with van der Waals surface area (Å²) in [6.07, 6.45) is -15.2. The summed E-state index contributed by atoms with van der Waals surface area (Å²) in [7, 11) is 0. The van der Waals surface area contributed by atoms with Crippen LogP contribution in [-0.2, 0) is 4.74 Å². The fourth-order valence-corrected chi connectivity index (χ4v) is 0.373. The molecule has 0 N–H and O–H groups in total. The maximum absolute atomic E-state index is 11.8. The Bertz CT molecular complexity index is 148. The molecule has 1 nitrogen and oxygen atoms in total. The summed E-state index contributed by atoms with van der Waals surface area (Å²) >= 11 is 0. The van der Waals surface area contributed by atoms with Crippen LogP contribution in [0.25, 0.3) is 0 Å². The second-order valence-corrected chi connectivity index (χ2v) is 2.09. The Hall–Kier alpha value is -0.530. The predicted octanol–water partition coefficient (Wildman–Crippen LogP) is 2.81. The molecule has 0 rings (SSSR count). The first-order chi connectivity index (χ1) is 5.63. The second-order valence-electron chi connectivity index (χ2n) is 2.09. The average molecular weight is 214 g/mol. The van der Waals surface area contributed by atoms with Crippen molar-refractivity contribution in [2.24, 2.45) is 0 Å². The van der Waals surface area contributed by atoms with Crippen molar-refractivity contribution >= 4 is 0 Å². The van der Waals surface area contributed by atoms with Crippen LogP contribution in [0.3, 0.4) is 0 Å². The number of halogens is 7. The van der Waals surface area contributed by atoms with E-state index in [1.165, 1.54) is 0 Å². The first kappa shape index (κ1) is 12.5. The highest BCUT2D eigenvalue weighted by Gasteiger charge is 2.41. The van der Waals surface area contributed by atoms with Gasteiger partial charge in [0.15, 0.2) is 0 Å². The highest BCUT2D eigenvalue weighted by Crippen LogP contribution is 2.25. The lowest BCUT2D eigenvalue weighted by atomic mass is 10.4. The van der Waals surface area contributed by atoms with E-state index in [4.69, 9.17) is 0 Å². The standard InChI is InChI=1S/C5H5F7O/c6-3(5(10,11)12)13-2-1-4(7,8)9/h3H,1-2H2. The third kappa shape index (κ3) is 6.62. The highest BCUT2D eigenvalue weighted by molar-refractivity contribution is 4.55. The Balaban J connectivity index is 3.67. The molecule has 8 heteroatoms. The molecule has 13 heavy (non-hydrogen) atoms. The molecule has 0 spiro atoms. The molecule has 0 aliphatic carbocycles. The SMILES string of the molecule is FC(OCCC(F)(F)F)C(F)(F)F. The van der Waals surface area contributed by atoms with Crippen molar-refractivity contribution < 1.29 is 35.5 Å². The minimum Gasteiger partial charge on any atom is -0.341 e. The molecule has 0 aliphatic heterocycles. The summed E-state index contributed by atoms with van der Waals surface area (Å²) in [6, 6.07) is 0. The fourth-order valence-electron chi connectivity index (χ4n) is 0.373.